The maximum absolute atomic E-state index is 12.5. The van der Waals surface area contributed by atoms with Crippen molar-refractivity contribution in [1.82, 2.24) is 5.32 Å². The first-order valence-electron chi connectivity index (χ1n) is 7.34. The van der Waals surface area contributed by atoms with Gasteiger partial charge in [0, 0.05) is 19.1 Å². The maximum atomic E-state index is 12.5. The van der Waals surface area contributed by atoms with Crippen LogP contribution in [0, 0.1) is 6.92 Å². The van der Waals surface area contributed by atoms with Gasteiger partial charge < -0.3 is 10.4 Å². The number of carboxylic acid groups (broad SMARTS) is 1. The molecular weight excluding hydrogens is 332 g/mol. The van der Waals surface area contributed by atoms with Gasteiger partial charge in [-0.15, -0.1) is 11.8 Å². The SMILES string of the molecule is CC(=O)NC(CSC1CC(=O)N(c2cccc(C)c2)C1=O)C(=O)O. The molecule has 0 saturated carbocycles. The smallest absolute Gasteiger partial charge is 0.327 e. The van der Waals surface area contributed by atoms with Gasteiger partial charge in [-0.05, 0) is 24.6 Å². The Hall–Kier alpha value is -2.35. The van der Waals surface area contributed by atoms with Gasteiger partial charge in [0.25, 0.3) is 0 Å². The molecule has 0 aliphatic carbocycles. The molecule has 8 heteroatoms. The van der Waals surface area contributed by atoms with E-state index in [1.807, 2.05) is 13.0 Å². The first-order valence-corrected chi connectivity index (χ1v) is 8.39. The quantitative estimate of drug-likeness (QED) is 0.740. The molecule has 0 radical (unpaired) electrons. The molecule has 1 aromatic rings. The molecule has 1 saturated heterocycles. The number of benzene rings is 1. The van der Waals surface area contributed by atoms with Crippen LogP contribution in [-0.2, 0) is 19.2 Å². The summed E-state index contributed by atoms with van der Waals surface area (Å²) in [6.07, 6.45) is 0.0177. The molecule has 1 fully saturated rings. The Morgan fingerprint density at radius 2 is 2.12 bits per heavy atom. The van der Waals surface area contributed by atoms with Crippen LogP contribution in [0.15, 0.2) is 24.3 Å². The highest BCUT2D eigenvalue weighted by molar-refractivity contribution is 8.00. The van der Waals surface area contributed by atoms with Crippen LogP contribution >= 0.6 is 11.8 Å². The molecule has 7 nitrogen and oxygen atoms in total. The van der Waals surface area contributed by atoms with Gasteiger partial charge in [0.05, 0.1) is 10.9 Å². The van der Waals surface area contributed by atoms with Crippen LogP contribution < -0.4 is 10.2 Å². The zero-order chi connectivity index (χ0) is 17.9. The van der Waals surface area contributed by atoms with Crippen molar-refractivity contribution in [3.63, 3.8) is 0 Å². The normalized spacial score (nSPS) is 18.6. The summed E-state index contributed by atoms with van der Waals surface area (Å²) in [6.45, 7) is 3.09. The Kier molecular flexibility index (Phi) is 5.61. The predicted molar refractivity (Wildman–Crippen MR) is 89.8 cm³/mol. The number of anilines is 1. The molecule has 1 heterocycles. The van der Waals surface area contributed by atoms with Gasteiger partial charge in [-0.3, -0.25) is 14.4 Å². The molecule has 0 bridgehead atoms. The number of rotatable bonds is 6. The van der Waals surface area contributed by atoms with Crippen molar-refractivity contribution < 1.29 is 24.3 Å². The lowest BCUT2D eigenvalue weighted by Gasteiger charge is -2.17. The summed E-state index contributed by atoms with van der Waals surface area (Å²) in [7, 11) is 0. The number of amides is 3. The molecule has 1 aromatic carbocycles. The molecular formula is C16H18N2O5S. The van der Waals surface area contributed by atoms with E-state index in [2.05, 4.69) is 5.32 Å². The van der Waals surface area contributed by atoms with E-state index in [0.29, 0.717) is 5.69 Å². The van der Waals surface area contributed by atoms with Gasteiger partial charge >= 0.3 is 5.97 Å². The number of aryl methyl sites for hydroxylation is 1. The largest absolute Gasteiger partial charge is 0.480 e. The molecule has 2 N–H and O–H groups in total. The first kappa shape index (κ1) is 18.0. The van der Waals surface area contributed by atoms with Crippen LogP contribution in [0.25, 0.3) is 0 Å². The van der Waals surface area contributed by atoms with Crippen LogP contribution in [0.5, 0.6) is 0 Å². The Balaban J connectivity index is 2.06. The van der Waals surface area contributed by atoms with Crippen molar-refractivity contribution in [2.45, 2.75) is 31.6 Å². The summed E-state index contributed by atoms with van der Waals surface area (Å²) in [5, 5.41) is 10.7. The lowest BCUT2D eigenvalue weighted by Crippen LogP contribution is -2.42. The summed E-state index contributed by atoms with van der Waals surface area (Å²) in [5.41, 5.74) is 1.45. The Labute approximate surface area is 143 Å². The summed E-state index contributed by atoms with van der Waals surface area (Å²) in [4.78, 5) is 47.9. The first-order chi connectivity index (χ1) is 11.3. The molecule has 2 unspecified atom stereocenters. The minimum absolute atomic E-state index is 0.0141. The van der Waals surface area contributed by atoms with Gasteiger partial charge in [-0.1, -0.05) is 12.1 Å². The number of nitrogens with zero attached hydrogens (tertiary/aromatic N) is 1. The van der Waals surface area contributed by atoms with Crippen molar-refractivity contribution >= 4 is 41.1 Å². The van der Waals surface area contributed by atoms with E-state index >= 15 is 0 Å². The second-order valence-corrected chi connectivity index (χ2v) is 6.76. The van der Waals surface area contributed by atoms with E-state index in [9.17, 15) is 19.2 Å². The lowest BCUT2D eigenvalue weighted by molar-refractivity contribution is -0.140. The van der Waals surface area contributed by atoms with Crippen LogP contribution in [0.3, 0.4) is 0 Å². The minimum Gasteiger partial charge on any atom is -0.480 e. The molecule has 128 valence electrons. The third-order valence-corrected chi connectivity index (χ3v) is 4.80. The number of hydrogen-bond donors (Lipinski definition) is 2. The van der Waals surface area contributed by atoms with Crippen molar-refractivity contribution in [2.75, 3.05) is 10.7 Å². The zero-order valence-corrected chi connectivity index (χ0v) is 14.1. The second-order valence-electron chi connectivity index (χ2n) is 5.52. The number of hydrogen-bond acceptors (Lipinski definition) is 5. The molecule has 1 aliphatic heterocycles. The summed E-state index contributed by atoms with van der Waals surface area (Å²) in [5.74, 6) is -2.29. The fraction of sp³-hybridized carbons (Fsp3) is 0.375. The van der Waals surface area contributed by atoms with E-state index < -0.39 is 23.2 Å². The number of thioether (sulfide) groups is 1. The fourth-order valence-corrected chi connectivity index (χ4v) is 3.56. The molecule has 1 aliphatic rings. The zero-order valence-electron chi connectivity index (χ0n) is 13.3. The highest BCUT2D eigenvalue weighted by Gasteiger charge is 2.40. The topological polar surface area (TPSA) is 104 Å². The van der Waals surface area contributed by atoms with Gasteiger partial charge in [0.2, 0.25) is 17.7 Å². The standard InChI is InChI=1S/C16H18N2O5S/c1-9-4-3-5-11(6-9)18-14(20)7-13(15(18)21)24-8-12(16(22)23)17-10(2)19/h3-6,12-13H,7-8H2,1-2H3,(H,17,19)(H,22,23). The average Bonchev–Trinajstić information content (AvgIpc) is 2.77. The minimum atomic E-state index is -1.18. The fourth-order valence-electron chi connectivity index (χ4n) is 2.41. The number of imide groups is 1. The number of carboxylic acids is 1. The molecule has 24 heavy (non-hydrogen) atoms. The summed E-state index contributed by atoms with van der Waals surface area (Å²) >= 11 is 1.07. The van der Waals surface area contributed by atoms with E-state index in [0.717, 1.165) is 22.2 Å². The molecule has 3 amide bonds. The maximum Gasteiger partial charge on any atom is 0.327 e. The monoisotopic (exact) mass is 350 g/mol. The predicted octanol–water partition coefficient (Wildman–Crippen LogP) is 0.949. The molecule has 0 aromatic heterocycles. The number of carbonyl (C=O) groups excluding carboxylic acids is 3. The van der Waals surface area contributed by atoms with Crippen LogP contribution in [0.4, 0.5) is 5.69 Å². The third-order valence-electron chi connectivity index (χ3n) is 3.50. The van der Waals surface area contributed by atoms with Crippen molar-refractivity contribution in [3.8, 4) is 0 Å². The molecule has 2 rings (SSSR count). The van der Waals surface area contributed by atoms with Crippen LogP contribution in [0.2, 0.25) is 0 Å². The number of carbonyl (C=O) groups is 4. The van der Waals surface area contributed by atoms with Crippen LogP contribution in [0.1, 0.15) is 18.9 Å². The lowest BCUT2D eigenvalue weighted by atomic mass is 10.2. The highest BCUT2D eigenvalue weighted by atomic mass is 32.2. The van der Waals surface area contributed by atoms with Crippen molar-refractivity contribution in [2.24, 2.45) is 0 Å². The van der Waals surface area contributed by atoms with Crippen LogP contribution in [-0.4, -0.2) is 45.8 Å². The highest BCUT2D eigenvalue weighted by Crippen LogP contribution is 2.30. The van der Waals surface area contributed by atoms with E-state index in [1.54, 1.807) is 18.2 Å². The molecule has 2 atom stereocenters. The number of nitrogens with one attached hydrogen (secondary N) is 1. The van der Waals surface area contributed by atoms with Crippen molar-refractivity contribution in [3.05, 3.63) is 29.8 Å². The Bertz CT molecular complexity index is 691. The van der Waals surface area contributed by atoms with Crippen molar-refractivity contribution in [1.29, 1.82) is 0 Å². The van der Waals surface area contributed by atoms with E-state index in [1.165, 1.54) is 6.92 Å². The second kappa shape index (κ2) is 7.48. The Morgan fingerprint density at radius 3 is 2.71 bits per heavy atom. The summed E-state index contributed by atoms with van der Waals surface area (Å²) in [6, 6.07) is 5.98. The van der Waals surface area contributed by atoms with Gasteiger partial charge in [0.1, 0.15) is 6.04 Å². The van der Waals surface area contributed by atoms with Gasteiger partial charge in [-0.2, -0.15) is 0 Å². The Morgan fingerprint density at radius 1 is 1.42 bits per heavy atom. The average molecular weight is 350 g/mol. The molecule has 0 spiro atoms. The van der Waals surface area contributed by atoms with Gasteiger partial charge in [-0.25, -0.2) is 9.69 Å². The van der Waals surface area contributed by atoms with E-state index in [-0.39, 0.29) is 24.0 Å². The van der Waals surface area contributed by atoms with Gasteiger partial charge in [0.15, 0.2) is 0 Å². The summed E-state index contributed by atoms with van der Waals surface area (Å²) < 4.78 is 0. The van der Waals surface area contributed by atoms with E-state index in [4.69, 9.17) is 5.11 Å². The third kappa shape index (κ3) is 4.14. The number of aliphatic carboxylic acids is 1.